The summed E-state index contributed by atoms with van der Waals surface area (Å²) in [5, 5.41) is 18.6. The van der Waals surface area contributed by atoms with Gasteiger partial charge in [-0.25, -0.2) is 26.3 Å². The normalized spacial score (nSPS) is 15.5. The van der Waals surface area contributed by atoms with Crippen LogP contribution in [0.4, 0.5) is 37.7 Å². The predicted molar refractivity (Wildman–Crippen MR) is 87.3 cm³/mol. The maximum atomic E-state index is 14.6. The van der Waals surface area contributed by atoms with E-state index in [-0.39, 0.29) is 11.4 Å². The first-order valence-electron chi connectivity index (χ1n) is 8.01. The highest BCUT2D eigenvalue weighted by atomic mass is 19.3. The lowest BCUT2D eigenvalue weighted by Gasteiger charge is -2.36. The Balaban J connectivity index is 2.30. The Morgan fingerprint density at radius 2 is 1.79 bits per heavy atom. The Bertz CT molecular complexity index is 1040. The zero-order chi connectivity index (χ0) is 20.9. The zero-order valence-corrected chi connectivity index (χ0v) is 14.3. The van der Waals surface area contributed by atoms with Gasteiger partial charge < -0.3 is 4.90 Å². The van der Waals surface area contributed by atoms with Crippen LogP contribution in [0.25, 0.3) is 0 Å². The largest absolute Gasteiger partial charge is 0.339 e. The summed E-state index contributed by atoms with van der Waals surface area (Å²) in [6.07, 6.45) is -0.799. The van der Waals surface area contributed by atoms with Crippen molar-refractivity contribution in [2.45, 2.75) is 25.2 Å². The van der Waals surface area contributed by atoms with E-state index in [1.54, 1.807) is 6.07 Å². The van der Waals surface area contributed by atoms with Gasteiger partial charge in [-0.15, -0.1) is 0 Å². The van der Waals surface area contributed by atoms with Crippen LogP contribution in [0, 0.1) is 34.3 Å². The fourth-order valence-corrected chi connectivity index (χ4v) is 3.23. The summed E-state index contributed by atoms with van der Waals surface area (Å²) in [4.78, 5) is 1.06. The van der Waals surface area contributed by atoms with Gasteiger partial charge in [0, 0.05) is 25.5 Å². The summed E-state index contributed by atoms with van der Waals surface area (Å²) in [6.45, 7) is 0.0237. The molecular weight excluding hydrogens is 384 g/mol. The topological polar surface area (TPSA) is 50.8 Å². The number of benzene rings is 2. The minimum atomic E-state index is -3.57. The molecule has 1 heterocycles. The third-order valence-corrected chi connectivity index (χ3v) is 4.50. The molecule has 0 aromatic heterocycles. The second kappa shape index (κ2) is 6.45. The van der Waals surface area contributed by atoms with E-state index in [1.807, 2.05) is 0 Å². The summed E-state index contributed by atoms with van der Waals surface area (Å²) in [5.41, 5.74) is -3.66. The third-order valence-electron chi connectivity index (χ3n) is 4.50. The number of hydrogen-bond acceptors (Lipinski definition) is 3. The van der Waals surface area contributed by atoms with Gasteiger partial charge in [-0.05, 0) is 24.3 Å². The van der Waals surface area contributed by atoms with Crippen LogP contribution in [0.3, 0.4) is 0 Å². The van der Waals surface area contributed by atoms with E-state index in [0.717, 1.165) is 23.1 Å². The number of fused-ring (bicyclic) bond motifs is 1. The molecule has 0 saturated heterocycles. The first-order valence-corrected chi connectivity index (χ1v) is 8.01. The monoisotopic (exact) mass is 395 g/mol. The highest BCUT2D eigenvalue weighted by Gasteiger charge is 2.43. The van der Waals surface area contributed by atoms with Gasteiger partial charge >= 0.3 is 0 Å². The molecule has 2 aromatic carbocycles. The molecule has 9 heteroatoms. The van der Waals surface area contributed by atoms with Crippen LogP contribution in [-0.4, -0.2) is 6.54 Å². The molecule has 1 aliphatic heterocycles. The van der Waals surface area contributed by atoms with Crippen molar-refractivity contribution in [3.63, 3.8) is 0 Å². The summed E-state index contributed by atoms with van der Waals surface area (Å²) in [5.74, 6) is -9.56. The van der Waals surface area contributed by atoms with Crippen LogP contribution in [0.5, 0.6) is 0 Å². The van der Waals surface area contributed by atoms with E-state index in [4.69, 9.17) is 0 Å². The van der Waals surface area contributed by atoms with Gasteiger partial charge in [0.05, 0.1) is 22.5 Å². The number of hydrogen-bond donors (Lipinski definition) is 0. The second-order valence-corrected chi connectivity index (χ2v) is 6.39. The number of halogens is 6. The highest BCUT2D eigenvalue weighted by molar-refractivity contribution is 5.78. The first-order chi connectivity index (χ1) is 13.0. The number of alkyl halides is 4. The van der Waals surface area contributed by atoms with Crippen molar-refractivity contribution >= 4 is 11.4 Å². The van der Waals surface area contributed by atoms with Gasteiger partial charge in [0.1, 0.15) is 23.5 Å². The quantitative estimate of drug-likeness (QED) is 0.635. The maximum Gasteiger partial charge on any atom is 0.277 e. The molecule has 0 fully saturated rings. The highest BCUT2D eigenvalue weighted by Crippen LogP contribution is 2.48. The van der Waals surface area contributed by atoms with Gasteiger partial charge in [0.2, 0.25) is 0 Å². The van der Waals surface area contributed by atoms with Crippen molar-refractivity contribution in [3.8, 4) is 12.1 Å². The number of rotatable bonds is 2. The molecule has 0 unspecified atom stereocenters. The lowest BCUT2D eigenvalue weighted by molar-refractivity contribution is -0.0145. The van der Waals surface area contributed by atoms with Gasteiger partial charge in [0.15, 0.2) is 5.82 Å². The van der Waals surface area contributed by atoms with Crippen LogP contribution in [0.2, 0.25) is 0 Å². The predicted octanol–water partition coefficient (Wildman–Crippen LogP) is 5.45. The average Bonchev–Trinajstić information content (AvgIpc) is 2.60. The van der Waals surface area contributed by atoms with Crippen LogP contribution >= 0.6 is 0 Å². The Morgan fingerprint density at radius 3 is 2.36 bits per heavy atom. The Morgan fingerprint density at radius 1 is 1.11 bits per heavy atom. The minimum Gasteiger partial charge on any atom is -0.339 e. The molecule has 3 nitrogen and oxygen atoms in total. The van der Waals surface area contributed by atoms with Crippen molar-refractivity contribution in [1.82, 2.24) is 0 Å². The van der Waals surface area contributed by atoms with Crippen molar-refractivity contribution in [2.24, 2.45) is 0 Å². The van der Waals surface area contributed by atoms with Crippen molar-refractivity contribution in [3.05, 3.63) is 58.2 Å². The summed E-state index contributed by atoms with van der Waals surface area (Å²) in [7, 11) is 0. The molecule has 0 amide bonds. The summed E-state index contributed by atoms with van der Waals surface area (Å²) >= 11 is 0. The SMILES string of the molecule is CC(F)(F)c1ccc(N2CCC(F)(F)c3cc(F)cc(C#N)c32)c(C#N)c1F. The minimum absolute atomic E-state index is 0.257. The fourth-order valence-electron chi connectivity index (χ4n) is 3.23. The van der Waals surface area contributed by atoms with Crippen molar-refractivity contribution in [1.29, 1.82) is 10.5 Å². The number of nitriles is 2. The lowest BCUT2D eigenvalue weighted by Crippen LogP contribution is -2.34. The third kappa shape index (κ3) is 3.03. The van der Waals surface area contributed by atoms with Crippen molar-refractivity contribution in [2.75, 3.05) is 11.4 Å². The molecule has 2 aromatic rings. The van der Waals surface area contributed by atoms with E-state index < -0.39 is 58.7 Å². The Hall–Kier alpha value is -3.20. The van der Waals surface area contributed by atoms with Gasteiger partial charge in [-0.3, -0.25) is 0 Å². The van der Waals surface area contributed by atoms with Gasteiger partial charge in [0.25, 0.3) is 11.8 Å². The van der Waals surface area contributed by atoms with Crippen molar-refractivity contribution < 1.29 is 26.3 Å². The summed E-state index contributed by atoms with van der Waals surface area (Å²) < 4.78 is 84.0. The number of anilines is 2. The van der Waals surface area contributed by atoms with E-state index in [2.05, 4.69) is 0 Å². The van der Waals surface area contributed by atoms with E-state index in [0.29, 0.717) is 13.0 Å². The Kier molecular flexibility index (Phi) is 4.50. The lowest BCUT2D eigenvalue weighted by atomic mass is 9.93. The van der Waals surface area contributed by atoms with Crippen LogP contribution in [-0.2, 0) is 11.8 Å². The maximum absolute atomic E-state index is 14.6. The molecule has 0 spiro atoms. The molecule has 0 N–H and O–H groups in total. The molecule has 0 radical (unpaired) electrons. The molecule has 1 aliphatic rings. The van der Waals surface area contributed by atoms with Crippen LogP contribution in [0.15, 0.2) is 24.3 Å². The Labute approximate surface area is 156 Å². The molecule has 0 saturated carbocycles. The molecule has 3 rings (SSSR count). The molecular formula is C19H11F6N3. The number of nitrogens with zero attached hydrogens (tertiary/aromatic N) is 3. The molecule has 144 valence electrons. The first kappa shape index (κ1) is 19.6. The average molecular weight is 395 g/mol. The standard InChI is InChI=1S/C19H11F6N3/c1-18(22,23)13-2-3-15(12(9-27)16(13)21)28-5-4-19(24,25)14-7-11(20)6-10(8-26)17(14)28/h2-3,6-7H,4-5H2,1H3. The fraction of sp³-hybridized carbons (Fsp3) is 0.263. The molecule has 0 atom stereocenters. The van der Waals surface area contributed by atoms with Gasteiger partial charge in [-0.1, -0.05) is 0 Å². The van der Waals surface area contributed by atoms with Crippen LogP contribution in [0.1, 0.15) is 35.6 Å². The smallest absolute Gasteiger partial charge is 0.277 e. The molecule has 28 heavy (non-hydrogen) atoms. The second-order valence-electron chi connectivity index (χ2n) is 6.39. The molecule has 0 bridgehead atoms. The van der Waals surface area contributed by atoms with E-state index in [9.17, 15) is 36.9 Å². The summed E-state index contributed by atoms with van der Waals surface area (Å²) in [6, 6.07) is 6.16. The van der Waals surface area contributed by atoms with E-state index in [1.165, 1.54) is 6.07 Å². The van der Waals surface area contributed by atoms with Gasteiger partial charge in [-0.2, -0.15) is 10.5 Å². The van der Waals surface area contributed by atoms with E-state index >= 15 is 0 Å². The van der Waals surface area contributed by atoms with Crippen LogP contribution < -0.4 is 4.90 Å². The zero-order valence-electron chi connectivity index (χ0n) is 14.3. The molecule has 0 aliphatic carbocycles.